The van der Waals surface area contributed by atoms with Gasteiger partial charge in [-0.25, -0.2) is 13.4 Å². The maximum absolute atomic E-state index is 13.3. The fraction of sp³-hybridized carbons (Fsp3) is 0.185. The SMILES string of the molecule is O=c1[nH]c(-c2ccc(OCc3ccccc3)cc2)nc2c1C(S(=O)(=O)c1ccccc1)CCC2. The molecule has 7 heteroatoms. The van der Waals surface area contributed by atoms with Crippen molar-refractivity contribution >= 4 is 9.84 Å². The van der Waals surface area contributed by atoms with E-state index in [1.54, 1.807) is 30.3 Å². The van der Waals surface area contributed by atoms with Gasteiger partial charge in [-0.2, -0.15) is 0 Å². The minimum Gasteiger partial charge on any atom is -0.489 e. The summed E-state index contributed by atoms with van der Waals surface area (Å²) in [6, 6.07) is 25.5. The van der Waals surface area contributed by atoms with Crippen molar-refractivity contribution in [3.05, 3.63) is 112 Å². The molecule has 172 valence electrons. The fourth-order valence-corrected chi connectivity index (χ4v) is 6.22. The number of hydrogen-bond acceptors (Lipinski definition) is 5. The summed E-state index contributed by atoms with van der Waals surface area (Å²) in [6.07, 6.45) is 1.64. The van der Waals surface area contributed by atoms with E-state index in [9.17, 15) is 13.2 Å². The van der Waals surface area contributed by atoms with E-state index in [4.69, 9.17) is 4.74 Å². The second kappa shape index (κ2) is 9.27. The Kier molecular flexibility index (Phi) is 6.02. The number of ether oxygens (including phenoxy) is 1. The molecule has 1 heterocycles. The Morgan fingerprint density at radius 1 is 0.912 bits per heavy atom. The van der Waals surface area contributed by atoms with Gasteiger partial charge in [-0.15, -0.1) is 0 Å². The zero-order chi connectivity index (χ0) is 23.5. The maximum atomic E-state index is 13.3. The van der Waals surface area contributed by atoms with Gasteiger partial charge in [-0.3, -0.25) is 4.79 Å². The average Bonchev–Trinajstić information content (AvgIpc) is 2.88. The Hall–Kier alpha value is -3.71. The highest BCUT2D eigenvalue weighted by molar-refractivity contribution is 7.91. The molecule has 4 aromatic rings. The largest absolute Gasteiger partial charge is 0.489 e. The van der Waals surface area contributed by atoms with Gasteiger partial charge in [0.05, 0.1) is 21.4 Å². The topological polar surface area (TPSA) is 89.1 Å². The second-order valence-corrected chi connectivity index (χ2v) is 10.4. The van der Waals surface area contributed by atoms with E-state index in [1.165, 1.54) is 0 Å². The number of nitrogens with zero attached hydrogens (tertiary/aromatic N) is 1. The first-order valence-electron chi connectivity index (χ1n) is 11.2. The molecule has 0 spiro atoms. The molecule has 1 aliphatic rings. The molecule has 0 fully saturated rings. The third kappa shape index (κ3) is 4.39. The van der Waals surface area contributed by atoms with Crippen molar-refractivity contribution < 1.29 is 13.2 Å². The van der Waals surface area contributed by atoms with Crippen LogP contribution in [-0.2, 0) is 22.9 Å². The van der Waals surface area contributed by atoms with Gasteiger partial charge in [0.15, 0.2) is 9.84 Å². The number of hydrogen-bond donors (Lipinski definition) is 1. The Morgan fingerprint density at radius 3 is 2.29 bits per heavy atom. The van der Waals surface area contributed by atoms with E-state index in [1.807, 2.05) is 54.6 Å². The van der Waals surface area contributed by atoms with Crippen LogP contribution in [0.25, 0.3) is 11.4 Å². The Labute approximate surface area is 198 Å². The van der Waals surface area contributed by atoms with E-state index in [0.717, 1.165) is 11.1 Å². The van der Waals surface area contributed by atoms with Gasteiger partial charge in [0.25, 0.3) is 5.56 Å². The lowest BCUT2D eigenvalue weighted by molar-refractivity contribution is 0.306. The summed E-state index contributed by atoms with van der Waals surface area (Å²) in [5.74, 6) is 1.14. The number of benzene rings is 3. The van der Waals surface area contributed by atoms with E-state index in [-0.39, 0.29) is 10.5 Å². The third-order valence-electron chi connectivity index (χ3n) is 6.06. The fourth-order valence-electron chi connectivity index (χ4n) is 4.32. The molecule has 34 heavy (non-hydrogen) atoms. The van der Waals surface area contributed by atoms with E-state index >= 15 is 0 Å². The third-order valence-corrected chi connectivity index (χ3v) is 8.21. The number of nitrogens with one attached hydrogen (secondary N) is 1. The molecule has 6 nitrogen and oxygen atoms in total. The van der Waals surface area contributed by atoms with Gasteiger partial charge in [0, 0.05) is 5.56 Å². The molecular formula is C27H24N2O4S. The van der Waals surface area contributed by atoms with Crippen molar-refractivity contribution in [2.45, 2.75) is 36.0 Å². The summed E-state index contributed by atoms with van der Waals surface area (Å²) < 4.78 is 32.4. The number of aromatic nitrogens is 2. The molecule has 1 atom stereocenters. The summed E-state index contributed by atoms with van der Waals surface area (Å²) in [7, 11) is -3.69. The van der Waals surface area contributed by atoms with E-state index in [2.05, 4.69) is 9.97 Å². The normalized spacial score (nSPS) is 15.5. The van der Waals surface area contributed by atoms with Crippen LogP contribution >= 0.6 is 0 Å². The predicted octanol–water partition coefficient (Wildman–Crippen LogP) is 4.87. The van der Waals surface area contributed by atoms with Crippen LogP contribution in [0.15, 0.2) is 94.6 Å². The lowest BCUT2D eigenvalue weighted by Crippen LogP contribution is -2.29. The number of fused-ring (bicyclic) bond motifs is 1. The zero-order valence-electron chi connectivity index (χ0n) is 18.5. The summed E-state index contributed by atoms with van der Waals surface area (Å²) >= 11 is 0. The first-order valence-corrected chi connectivity index (χ1v) is 12.8. The molecule has 1 aromatic heterocycles. The minimum atomic E-state index is -3.69. The molecule has 1 aliphatic carbocycles. The molecule has 1 unspecified atom stereocenters. The molecule has 0 saturated heterocycles. The van der Waals surface area contributed by atoms with Gasteiger partial charge in [0.2, 0.25) is 0 Å². The molecule has 0 amide bonds. The van der Waals surface area contributed by atoms with Gasteiger partial charge in [0.1, 0.15) is 18.2 Å². The first-order chi connectivity index (χ1) is 16.5. The summed E-state index contributed by atoms with van der Waals surface area (Å²) in [6.45, 7) is 0.464. The van der Waals surface area contributed by atoms with Crippen molar-refractivity contribution in [3.8, 4) is 17.1 Å². The van der Waals surface area contributed by atoms with Gasteiger partial charge < -0.3 is 9.72 Å². The summed E-state index contributed by atoms with van der Waals surface area (Å²) in [5, 5.41) is -0.891. The van der Waals surface area contributed by atoms with Crippen molar-refractivity contribution in [1.82, 2.24) is 9.97 Å². The van der Waals surface area contributed by atoms with E-state index in [0.29, 0.717) is 43.1 Å². The molecule has 0 bridgehead atoms. The minimum absolute atomic E-state index is 0.224. The lowest BCUT2D eigenvalue weighted by Gasteiger charge is -2.24. The summed E-state index contributed by atoms with van der Waals surface area (Å²) in [5.41, 5.74) is 2.24. The first kappa shape index (κ1) is 22.1. The highest BCUT2D eigenvalue weighted by atomic mass is 32.2. The van der Waals surface area contributed by atoms with Crippen LogP contribution in [0, 0.1) is 0 Å². The van der Waals surface area contributed by atoms with Gasteiger partial charge in [-0.05, 0) is 61.2 Å². The van der Waals surface area contributed by atoms with Crippen molar-refractivity contribution in [3.63, 3.8) is 0 Å². The molecule has 0 radical (unpaired) electrons. The monoisotopic (exact) mass is 472 g/mol. The zero-order valence-corrected chi connectivity index (χ0v) is 19.3. The average molecular weight is 473 g/mol. The second-order valence-electron chi connectivity index (χ2n) is 8.31. The summed E-state index contributed by atoms with van der Waals surface area (Å²) in [4.78, 5) is 20.8. The van der Waals surface area contributed by atoms with Crippen molar-refractivity contribution in [2.75, 3.05) is 0 Å². The number of sulfone groups is 1. The molecule has 3 aromatic carbocycles. The van der Waals surface area contributed by atoms with Crippen molar-refractivity contribution in [1.29, 1.82) is 0 Å². The molecule has 0 aliphatic heterocycles. The van der Waals surface area contributed by atoms with Crippen LogP contribution in [0.1, 0.15) is 34.9 Å². The molecule has 1 N–H and O–H groups in total. The van der Waals surface area contributed by atoms with Gasteiger partial charge >= 0.3 is 0 Å². The maximum Gasteiger partial charge on any atom is 0.255 e. The van der Waals surface area contributed by atoms with Crippen LogP contribution in [0.4, 0.5) is 0 Å². The number of aryl methyl sites for hydroxylation is 1. The number of H-pyrrole nitrogens is 1. The lowest BCUT2D eigenvalue weighted by atomic mass is 9.96. The molecule has 5 rings (SSSR count). The standard InChI is InChI=1S/C27H24N2O4S/c30-27-25-23(12-7-13-24(25)34(31,32)22-10-5-2-6-11-22)28-26(29-27)20-14-16-21(17-15-20)33-18-19-8-3-1-4-9-19/h1-6,8-11,14-17,24H,7,12-13,18H2,(H,28,29,30). The van der Waals surface area contributed by atoms with E-state index < -0.39 is 20.6 Å². The highest BCUT2D eigenvalue weighted by Gasteiger charge is 2.36. The Bertz CT molecular complexity index is 1450. The Morgan fingerprint density at radius 2 is 1.59 bits per heavy atom. The van der Waals surface area contributed by atoms with Crippen LogP contribution in [-0.4, -0.2) is 18.4 Å². The van der Waals surface area contributed by atoms with Crippen LogP contribution in [0.3, 0.4) is 0 Å². The van der Waals surface area contributed by atoms with Crippen LogP contribution < -0.4 is 10.3 Å². The molecular weight excluding hydrogens is 448 g/mol. The van der Waals surface area contributed by atoms with Crippen LogP contribution in [0.2, 0.25) is 0 Å². The smallest absolute Gasteiger partial charge is 0.255 e. The number of rotatable bonds is 6. The van der Waals surface area contributed by atoms with Gasteiger partial charge in [-0.1, -0.05) is 48.5 Å². The molecule has 0 saturated carbocycles. The highest BCUT2D eigenvalue weighted by Crippen LogP contribution is 2.37. The van der Waals surface area contributed by atoms with Crippen LogP contribution in [0.5, 0.6) is 5.75 Å². The van der Waals surface area contributed by atoms with Crippen molar-refractivity contribution in [2.24, 2.45) is 0 Å². The predicted molar refractivity (Wildman–Crippen MR) is 130 cm³/mol. The Balaban J connectivity index is 1.41. The quantitative estimate of drug-likeness (QED) is 0.433. The number of aromatic amines is 1.